The largest absolute Gasteiger partial charge is 0.406 e. The first-order valence-electron chi connectivity index (χ1n) is 6.98. The molecule has 0 unspecified atom stereocenters. The van der Waals surface area contributed by atoms with Gasteiger partial charge in [-0.25, -0.2) is 0 Å². The van der Waals surface area contributed by atoms with Crippen LogP contribution in [0.25, 0.3) is 0 Å². The van der Waals surface area contributed by atoms with Crippen molar-refractivity contribution in [2.24, 2.45) is 0 Å². The van der Waals surface area contributed by atoms with Crippen LogP contribution in [0.3, 0.4) is 0 Å². The van der Waals surface area contributed by atoms with Gasteiger partial charge in [0, 0.05) is 18.8 Å². The molecule has 6 heteroatoms. The molecule has 1 aromatic rings. The molecule has 118 valence electrons. The molecule has 0 atom stereocenters. The minimum absolute atomic E-state index is 0.260. The van der Waals surface area contributed by atoms with Gasteiger partial charge in [-0.3, -0.25) is 4.79 Å². The third kappa shape index (κ3) is 4.65. The van der Waals surface area contributed by atoms with Crippen molar-refractivity contribution < 1.29 is 18.0 Å². The zero-order valence-electron chi connectivity index (χ0n) is 12.5. The number of hydrogen-bond donors (Lipinski definition) is 1. The summed E-state index contributed by atoms with van der Waals surface area (Å²) in [5.74, 6) is -0.592. The van der Waals surface area contributed by atoms with E-state index >= 15 is 0 Å². The van der Waals surface area contributed by atoms with E-state index in [0.717, 1.165) is 4.90 Å². The molecule has 1 N–H and O–H groups in total. The molecule has 0 aliphatic heterocycles. The quantitative estimate of drug-likeness (QED) is 0.863. The van der Waals surface area contributed by atoms with Gasteiger partial charge in [-0.2, -0.15) is 13.2 Å². The van der Waals surface area contributed by atoms with Crippen LogP contribution in [0.5, 0.6) is 0 Å². The van der Waals surface area contributed by atoms with Crippen LogP contribution >= 0.6 is 0 Å². The number of hydrogen-bond acceptors (Lipinski definition) is 2. The Labute approximate surface area is 123 Å². The Morgan fingerprint density at radius 1 is 1.24 bits per heavy atom. The summed E-state index contributed by atoms with van der Waals surface area (Å²) in [7, 11) is 1.64. The molecule has 0 aliphatic rings. The Kier molecular flexibility index (Phi) is 6.05. The molecule has 1 rings (SSSR count). The van der Waals surface area contributed by atoms with Crippen molar-refractivity contribution in [2.45, 2.75) is 38.9 Å². The van der Waals surface area contributed by atoms with Crippen LogP contribution in [-0.4, -0.2) is 36.6 Å². The number of para-hydroxylation sites is 1. The molecule has 3 nitrogen and oxygen atoms in total. The lowest BCUT2D eigenvalue weighted by atomic mass is 10.1. The predicted molar refractivity (Wildman–Crippen MR) is 77.5 cm³/mol. The number of carbonyl (C=O) groups is 1. The highest BCUT2D eigenvalue weighted by Crippen LogP contribution is 2.24. The summed E-state index contributed by atoms with van der Waals surface area (Å²) in [6, 6.07) is 6.16. The topological polar surface area (TPSA) is 32.3 Å². The normalized spacial score (nSPS) is 11.6. The van der Waals surface area contributed by atoms with E-state index in [1.54, 1.807) is 45.2 Å². The Morgan fingerprint density at radius 2 is 1.81 bits per heavy atom. The number of carbonyl (C=O) groups excluding carboxylic acids is 1. The Balaban J connectivity index is 3.15. The van der Waals surface area contributed by atoms with E-state index < -0.39 is 24.7 Å². The van der Waals surface area contributed by atoms with Gasteiger partial charge in [0.15, 0.2) is 0 Å². The molecule has 1 aromatic carbocycles. The summed E-state index contributed by atoms with van der Waals surface area (Å²) < 4.78 is 38.4. The van der Waals surface area contributed by atoms with Gasteiger partial charge < -0.3 is 10.2 Å². The van der Waals surface area contributed by atoms with Gasteiger partial charge in [-0.05, 0) is 25.0 Å². The number of benzene rings is 1. The van der Waals surface area contributed by atoms with Crippen LogP contribution in [0.1, 0.15) is 37.0 Å². The Bertz CT molecular complexity index is 470. The van der Waals surface area contributed by atoms with Gasteiger partial charge in [0.25, 0.3) is 5.91 Å². The average molecular weight is 302 g/mol. The fourth-order valence-corrected chi connectivity index (χ4v) is 2.33. The van der Waals surface area contributed by atoms with Crippen LogP contribution < -0.4 is 5.32 Å². The smallest absolute Gasteiger partial charge is 0.387 e. The highest BCUT2D eigenvalue weighted by molar-refractivity contribution is 5.99. The molecule has 0 bridgehead atoms. The summed E-state index contributed by atoms with van der Waals surface area (Å²) in [6.07, 6.45) is -3.44. The summed E-state index contributed by atoms with van der Waals surface area (Å²) in [4.78, 5) is 13.5. The number of nitrogens with zero attached hydrogens (tertiary/aromatic N) is 1. The minimum Gasteiger partial charge on any atom is -0.387 e. The highest BCUT2D eigenvalue weighted by Gasteiger charge is 2.36. The van der Waals surface area contributed by atoms with E-state index in [2.05, 4.69) is 5.32 Å². The average Bonchev–Trinajstić information content (AvgIpc) is 2.45. The fourth-order valence-electron chi connectivity index (χ4n) is 2.33. The molecule has 0 saturated carbocycles. The van der Waals surface area contributed by atoms with Crippen LogP contribution in [0.4, 0.5) is 18.9 Å². The number of nitrogens with one attached hydrogen (secondary N) is 1. The molecular weight excluding hydrogens is 281 g/mol. The van der Waals surface area contributed by atoms with Crippen LogP contribution in [0, 0.1) is 0 Å². The summed E-state index contributed by atoms with van der Waals surface area (Å²) in [5, 5.41) is 2.84. The maximum Gasteiger partial charge on any atom is 0.406 e. The standard InChI is InChI=1S/C15H21F3N2O/c1-4-11(5-2)20(10-15(16,17)18)14(21)12-8-6-7-9-13(12)19-3/h6-9,11,19H,4-5,10H2,1-3H3. The molecule has 1 amide bonds. The Hall–Kier alpha value is -1.72. The SMILES string of the molecule is CCC(CC)N(CC(F)(F)F)C(=O)c1ccccc1NC. The summed E-state index contributed by atoms with van der Waals surface area (Å²) in [6.45, 7) is 2.35. The third-order valence-corrected chi connectivity index (χ3v) is 3.42. The van der Waals surface area contributed by atoms with Crippen molar-refractivity contribution in [3.05, 3.63) is 29.8 Å². The lowest BCUT2D eigenvalue weighted by molar-refractivity contribution is -0.144. The van der Waals surface area contributed by atoms with E-state index in [9.17, 15) is 18.0 Å². The van der Waals surface area contributed by atoms with Crippen molar-refractivity contribution in [1.29, 1.82) is 0 Å². The predicted octanol–water partition coefficient (Wildman–Crippen LogP) is 3.92. The summed E-state index contributed by atoms with van der Waals surface area (Å²) >= 11 is 0. The second-order valence-corrected chi connectivity index (χ2v) is 4.81. The van der Waals surface area contributed by atoms with Gasteiger partial charge in [0.2, 0.25) is 0 Å². The molecule has 0 heterocycles. The minimum atomic E-state index is -4.41. The van der Waals surface area contributed by atoms with Crippen molar-refractivity contribution in [2.75, 3.05) is 18.9 Å². The van der Waals surface area contributed by atoms with Crippen LogP contribution in [-0.2, 0) is 0 Å². The first-order chi connectivity index (χ1) is 9.84. The van der Waals surface area contributed by atoms with Gasteiger partial charge in [0.05, 0.1) is 5.56 Å². The Morgan fingerprint density at radius 3 is 2.29 bits per heavy atom. The van der Waals surface area contributed by atoms with Crippen molar-refractivity contribution in [3.63, 3.8) is 0 Å². The number of halogens is 3. The lowest BCUT2D eigenvalue weighted by Crippen LogP contribution is -2.45. The molecule has 0 aromatic heterocycles. The molecule has 0 saturated heterocycles. The second kappa shape index (κ2) is 7.33. The maximum absolute atomic E-state index is 12.8. The number of rotatable bonds is 6. The van der Waals surface area contributed by atoms with Crippen molar-refractivity contribution in [3.8, 4) is 0 Å². The van der Waals surface area contributed by atoms with Crippen molar-refractivity contribution in [1.82, 2.24) is 4.90 Å². The fraction of sp³-hybridized carbons (Fsp3) is 0.533. The molecule has 0 aliphatic carbocycles. The first kappa shape index (κ1) is 17.3. The number of alkyl halides is 3. The van der Waals surface area contributed by atoms with Gasteiger partial charge >= 0.3 is 6.18 Å². The number of anilines is 1. The molecule has 0 fully saturated rings. The molecular formula is C15H21F3N2O. The van der Waals surface area contributed by atoms with E-state index in [1.807, 2.05) is 0 Å². The van der Waals surface area contributed by atoms with E-state index in [1.165, 1.54) is 0 Å². The van der Waals surface area contributed by atoms with Gasteiger partial charge in [-0.15, -0.1) is 0 Å². The zero-order chi connectivity index (χ0) is 16.0. The van der Waals surface area contributed by atoms with Gasteiger partial charge in [0.1, 0.15) is 6.54 Å². The molecule has 0 radical (unpaired) electrons. The second-order valence-electron chi connectivity index (χ2n) is 4.81. The zero-order valence-corrected chi connectivity index (χ0v) is 12.5. The molecule has 21 heavy (non-hydrogen) atoms. The monoisotopic (exact) mass is 302 g/mol. The summed E-state index contributed by atoms with van der Waals surface area (Å²) in [5.41, 5.74) is 0.789. The third-order valence-electron chi connectivity index (χ3n) is 3.42. The lowest BCUT2D eigenvalue weighted by Gasteiger charge is -2.31. The number of amides is 1. The van der Waals surface area contributed by atoms with Gasteiger partial charge in [-0.1, -0.05) is 26.0 Å². The maximum atomic E-state index is 12.8. The van der Waals surface area contributed by atoms with Crippen LogP contribution in [0.2, 0.25) is 0 Å². The van der Waals surface area contributed by atoms with E-state index in [4.69, 9.17) is 0 Å². The first-order valence-corrected chi connectivity index (χ1v) is 6.98. The molecule has 0 spiro atoms. The van der Waals surface area contributed by atoms with E-state index in [-0.39, 0.29) is 5.56 Å². The highest BCUT2D eigenvalue weighted by atomic mass is 19.4. The van der Waals surface area contributed by atoms with Crippen molar-refractivity contribution >= 4 is 11.6 Å². The van der Waals surface area contributed by atoms with Crippen LogP contribution in [0.15, 0.2) is 24.3 Å². The van der Waals surface area contributed by atoms with E-state index in [0.29, 0.717) is 18.5 Å².